The van der Waals surface area contributed by atoms with Crippen LogP contribution in [-0.2, 0) is 6.54 Å². The van der Waals surface area contributed by atoms with Gasteiger partial charge >= 0.3 is 0 Å². The summed E-state index contributed by atoms with van der Waals surface area (Å²) in [6.07, 6.45) is 0. The van der Waals surface area contributed by atoms with E-state index in [1.54, 1.807) is 7.11 Å². The molecule has 21 heavy (non-hydrogen) atoms. The number of aryl methyl sites for hydroxylation is 1. The second-order valence-corrected chi connectivity index (χ2v) is 4.85. The highest BCUT2D eigenvalue weighted by Gasteiger charge is 2.11. The smallest absolute Gasteiger partial charge is 0.163 e. The molecular weight excluding hydrogens is 268 g/mol. The molecule has 0 spiro atoms. The van der Waals surface area contributed by atoms with Crippen LogP contribution in [0.15, 0.2) is 30.3 Å². The number of hydrogen-bond donors (Lipinski definition) is 1. The van der Waals surface area contributed by atoms with Gasteiger partial charge in [0.25, 0.3) is 0 Å². The maximum absolute atomic E-state index is 5.57. The highest BCUT2D eigenvalue weighted by molar-refractivity contribution is 5.55. The Kier molecular flexibility index (Phi) is 3.81. The van der Waals surface area contributed by atoms with E-state index in [0.717, 1.165) is 34.3 Å². The number of hydrogen-bond acceptors (Lipinski definition) is 5. The van der Waals surface area contributed by atoms with E-state index >= 15 is 0 Å². The molecule has 0 atom stereocenters. The van der Waals surface area contributed by atoms with E-state index in [1.165, 1.54) is 0 Å². The molecule has 5 nitrogen and oxygen atoms in total. The third-order valence-electron chi connectivity index (χ3n) is 3.23. The molecule has 1 aliphatic rings. The molecule has 110 valence electrons. The summed E-state index contributed by atoms with van der Waals surface area (Å²) < 4.78 is 16.3. The monoisotopic (exact) mass is 286 g/mol. The lowest BCUT2D eigenvalue weighted by Gasteiger charge is -2.19. The molecule has 1 aromatic carbocycles. The summed E-state index contributed by atoms with van der Waals surface area (Å²) in [5.41, 5.74) is 2.84. The molecule has 0 radical (unpaired) electrons. The van der Waals surface area contributed by atoms with Gasteiger partial charge in [0.05, 0.1) is 19.3 Å². The Morgan fingerprint density at radius 1 is 1.14 bits per heavy atom. The molecule has 0 aliphatic carbocycles. The zero-order chi connectivity index (χ0) is 14.7. The van der Waals surface area contributed by atoms with Crippen molar-refractivity contribution in [3.05, 3.63) is 41.7 Å². The maximum atomic E-state index is 5.57. The molecule has 1 aliphatic heterocycles. The molecule has 1 aromatic heterocycles. The van der Waals surface area contributed by atoms with Crippen molar-refractivity contribution < 1.29 is 14.2 Å². The Bertz CT molecular complexity index is 643. The fourth-order valence-electron chi connectivity index (χ4n) is 2.26. The predicted octanol–water partition coefficient (Wildman–Crippen LogP) is 2.78. The Labute approximate surface area is 123 Å². The van der Waals surface area contributed by atoms with Crippen LogP contribution in [0.1, 0.15) is 11.4 Å². The molecule has 0 bridgehead atoms. The second kappa shape index (κ2) is 5.91. The number of ether oxygens (including phenoxy) is 3. The summed E-state index contributed by atoms with van der Waals surface area (Å²) in [5, 5.41) is 3.34. The quantitative estimate of drug-likeness (QED) is 0.936. The minimum Gasteiger partial charge on any atom is -0.497 e. The predicted molar refractivity (Wildman–Crippen MR) is 80.3 cm³/mol. The van der Waals surface area contributed by atoms with E-state index in [2.05, 4.69) is 10.3 Å². The van der Waals surface area contributed by atoms with Crippen molar-refractivity contribution in [1.29, 1.82) is 0 Å². The standard InChI is InChI=1S/C16H18N2O3/c1-11-7-14(19-2)8-13(18-11)10-17-12-3-4-15-16(9-12)21-6-5-20-15/h3-4,7-9,17H,5-6,10H2,1-2H3. The van der Waals surface area contributed by atoms with Gasteiger partial charge in [0.15, 0.2) is 11.5 Å². The van der Waals surface area contributed by atoms with Crippen LogP contribution in [0.25, 0.3) is 0 Å². The summed E-state index contributed by atoms with van der Waals surface area (Å²) >= 11 is 0. The molecule has 1 N–H and O–H groups in total. The van der Waals surface area contributed by atoms with Crippen LogP contribution < -0.4 is 19.5 Å². The highest BCUT2D eigenvalue weighted by atomic mass is 16.6. The summed E-state index contributed by atoms with van der Waals surface area (Å²) in [6.45, 7) is 3.77. The van der Waals surface area contributed by atoms with Crippen LogP contribution in [0.2, 0.25) is 0 Å². The first-order chi connectivity index (χ1) is 10.2. The SMILES string of the molecule is COc1cc(C)nc(CNc2ccc3c(c2)OCCO3)c1. The van der Waals surface area contributed by atoms with E-state index < -0.39 is 0 Å². The first-order valence-corrected chi connectivity index (χ1v) is 6.90. The van der Waals surface area contributed by atoms with Gasteiger partial charge in [0.2, 0.25) is 0 Å². The Morgan fingerprint density at radius 2 is 1.95 bits per heavy atom. The summed E-state index contributed by atoms with van der Waals surface area (Å²) in [5.74, 6) is 2.39. The summed E-state index contributed by atoms with van der Waals surface area (Å²) in [6, 6.07) is 9.68. The number of benzene rings is 1. The van der Waals surface area contributed by atoms with Crippen molar-refractivity contribution in [1.82, 2.24) is 4.98 Å². The van der Waals surface area contributed by atoms with Crippen LogP contribution in [0.4, 0.5) is 5.69 Å². The van der Waals surface area contributed by atoms with Crippen molar-refractivity contribution in [2.75, 3.05) is 25.6 Å². The Morgan fingerprint density at radius 3 is 2.76 bits per heavy atom. The van der Waals surface area contributed by atoms with Crippen LogP contribution in [-0.4, -0.2) is 25.3 Å². The van der Waals surface area contributed by atoms with Gasteiger partial charge in [-0.2, -0.15) is 0 Å². The van der Waals surface area contributed by atoms with Gasteiger partial charge < -0.3 is 19.5 Å². The van der Waals surface area contributed by atoms with Gasteiger partial charge in [-0.05, 0) is 19.1 Å². The van der Waals surface area contributed by atoms with Crippen molar-refractivity contribution in [2.45, 2.75) is 13.5 Å². The largest absolute Gasteiger partial charge is 0.497 e. The average molecular weight is 286 g/mol. The number of fused-ring (bicyclic) bond motifs is 1. The number of rotatable bonds is 4. The normalized spacial score (nSPS) is 12.9. The van der Waals surface area contributed by atoms with Gasteiger partial charge in [0, 0.05) is 29.6 Å². The van der Waals surface area contributed by atoms with Crippen molar-refractivity contribution in [3.63, 3.8) is 0 Å². The Balaban J connectivity index is 1.71. The van der Waals surface area contributed by atoms with Crippen LogP contribution >= 0.6 is 0 Å². The molecular formula is C16H18N2O3. The minimum atomic E-state index is 0.590. The molecule has 0 fully saturated rings. The van der Waals surface area contributed by atoms with E-state index in [4.69, 9.17) is 14.2 Å². The summed E-state index contributed by atoms with van der Waals surface area (Å²) in [4.78, 5) is 4.49. The third kappa shape index (κ3) is 3.18. The topological polar surface area (TPSA) is 52.6 Å². The van der Waals surface area contributed by atoms with Gasteiger partial charge in [-0.1, -0.05) is 0 Å². The molecule has 0 unspecified atom stereocenters. The van der Waals surface area contributed by atoms with Gasteiger partial charge in [-0.25, -0.2) is 0 Å². The molecule has 0 saturated heterocycles. The fraction of sp³-hybridized carbons (Fsp3) is 0.312. The first kappa shape index (κ1) is 13.5. The summed E-state index contributed by atoms with van der Waals surface area (Å²) in [7, 11) is 1.66. The van der Waals surface area contributed by atoms with Crippen LogP contribution in [0, 0.1) is 6.92 Å². The molecule has 0 amide bonds. The number of nitrogens with zero attached hydrogens (tertiary/aromatic N) is 1. The molecule has 2 heterocycles. The van der Waals surface area contributed by atoms with E-state index in [0.29, 0.717) is 19.8 Å². The first-order valence-electron chi connectivity index (χ1n) is 6.90. The highest BCUT2D eigenvalue weighted by Crippen LogP contribution is 2.32. The number of pyridine rings is 1. The van der Waals surface area contributed by atoms with Gasteiger partial charge in [-0.3, -0.25) is 4.98 Å². The minimum absolute atomic E-state index is 0.590. The van der Waals surface area contributed by atoms with Crippen LogP contribution in [0.3, 0.4) is 0 Å². The van der Waals surface area contributed by atoms with Crippen molar-refractivity contribution >= 4 is 5.69 Å². The van der Waals surface area contributed by atoms with E-state index in [9.17, 15) is 0 Å². The van der Waals surface area contributed by atoms with Gasteiger partial charge in [-0.15, -0.1) is 0 Å². The molecule has 5 heteroatoms. The molecule has 3 rings (SSSR count). The zero-order valence-corrected chi connectivity index (χ0v) is 12.2. The van der Waals surface area contributed by atoms with Gasteiger partial charge in [0.1, 0.15) is 19.0 Å². The van der Waals surface area contributed by atoms with Crippen molar-refractivity contribution in [3.8, 4) is 17.2 Å². The average Bonchev–Trinajstić information content (AvgIpc) is 2.52. The van der Waals surface area contributed by atoms with Crippen molar-refractivity contribution in [2.24, 2.45) is 0 Å². The third-order valence-corrected chi connectivity index (χ3v) is 3.23. The molecule has 2 aromatic rings. The molecule has 0 saturated carbocycles. The lowest BCUT2D eigenvalue weighted by Crippen LogP contribution is -2.15. The van der Waals surface area contributed by atoms with Crippen LogP contribution in [0.5, 0.6) is 17.2 Å². The maximum Gasteiger partial charge on any atom is 0.163 e. The zero-order valence-electron chi connectivity index (χ0n) is 12.2. The second-order valence-electron chi connectivity index (χ2n) is 4.85. The number of anilines is 1. The Hall–Kier alpha value is -2.43. The lowest BCUT2D eigenvalue weighted by atomic mass is 10.2. The lowest BCUT2D eigenvalue weighted by molar-refractivity contribution is 0.171. The number of methoxy groups -OCH3 is 1. The van der Waals surface area contributed by atoms with E-state index in [-0.39, 0.29) is 0 Å². The number of aromatic nitrogens is 1. The fourth-order valence-corrected chi connectivity index (χ4v) is 2.26. The van der Waals surface area contributed by atoms with E-state index in [1.807, 2.05) is 37.3 Å². The number of nitrogens with one attached hydrogen (secondary N) is 1.